The SMILES string of the molecule is C=Cc1cc(C(F)(F)F)ccc1N1CCC(C)CC1. The number of rotatable bonds is 2. The third kappa shape index (κ3) is 3.11. The van der Waals surface area contributed by atoms with Gasteiger partial charge in [0.1, 0.15) is 0 Å². The largest absolute Gasteiger partial charge is 0.416 e. The molecule has 0 spiro atoms. The summed E-state index contributed by atoms with van der Waals surface area (Å²) in [6, 6.07) is 3.90. The number of nitrogens with zero attached hydrogens (tertiary/aromatic N) is 1. The second kappa shape index (κ2) is 5.27. The molecule has 104 valence electrons. The quantitative estimate of drug-likeness (QED) is 0.759. The topological polar surface area (TPSA) is 3.24 Å². The van der Waals surface area contributed by atoms with Crippen molar-refractivity contribution in [1.29, 1.82) is 0 Å². The van der Waals surface area contributed by atoms with Gasteiger partial charge >= 0.3 is 6.18 Å². The Morgan fingerprint density at radius 2 is 1.89 bits per heavy atom. The number of piperidine rings is 1. The van der Waals surface area contributed by atoms with Crippen LogP contribution < -0.4 is 4.90 Å². The molecule has 1 aromatic carbocycles. The summed E-state index contributed by atoms with van der Waals surface area (Å²) < 4.78 is 38.0. The van der Waals surface area contributed by atoms with Gasteiger partial charge in [-0.3, -0.25) is 0 Å². The average molecular weight is 269 g/mol. The first-order valence-electron chi connectivity index (χ1n) is 6.50. The van der Waals surface area contributed by atoms with Crippen LogP contribution in [0.4, 0.5) is 18.9 Å². The zero-order valence-electron chi connectivity index (χ0n) is 11.0. The molecule has 1 saturated heterocycles. The van der Waals surface area contributed by atoms with E-state index in [1.165, 1.54) is 12.1 Å². The molecule has 2 rings (SSSR count). The van der Waals surface area contributed by atoms with Crippen molar-refractivity contribution >= 4 is 11.8 Å². The molecule has 1 aliphatic heterocycles. The molecule has 1 fully saturated rings. The van der Waals surface area contributed by atoms with Crippen LogP contribution in [0.15, 0.2) is 24.8 Å². The maximum atomic E-state index is 12.7. The lowest BCUT2D eigenvalue weighted by Crippen LogP contribution is -2.33. The van der Waals surface area contributed by atoms with E-state index in [1.54, 1.807) is 6.07 Å². The average Bonchev–Trinajstić information content (AvgIpc) is 2.38. The Hall–Kier alpha value is -1.45. The number of anilines is 1. The van der Waals surface area contributed by atoms with Crippen LogP contribution in [-0.4, -0.2) is 13.1 Å². The molecule has 0 saturated carbocycles. The molecule has 0 aromatic heterocycles. The minimum absolute atomic E-state index is 0.560. The Balaban J connectivity index is 2.29. The molecule has 0 N–H and O–H groups in total. The van der Waals surface area contributed by atoms with Gasteiger partial charge in [-0.1, -0.05) is 19.6 Å². The van der Waals surface area contributed by atoms with Gasteiger partial charge in [-0.05, 0) is 42.5 Å². The molecular formula is C15H18F3N. The molecule has 1 nitrogen and oxygen atoms in total. The summed E-state index contributed by atoms with van der Waals surface area (Å²) in [5.41, 5.74) is 0.802. The first-order chi connectivity index (χ1) is 8.91. The molecule has 1 aromatic rings. The highest BCUT2D eigenvalue weighted by atomic mass is 19.4. The molecule has 0 bridgehead atoms. The lowest BCUT2D eigenvalue weighted by molar-refractivity contribution is -0.137. The van der Waals surface area contributed by atoms with E-state index < -0.39 is 11.7 Å². The maximum absolute atomic E-state index is 12.7. The first-order valence-corrected chi connectivity index (χ1v) is 6.50. The van der Waals surface area contributed by atoms with Gasteiger partial charge in [0.05, 0.1) is 5.56 Å². The van der Waals surface area contributed by atoms with E-state index in [0.29, 0.717) is 11.5 Å². The minimum atomic E-state index is -4.30. The molecule has 0 amide bonds. The molecule has 19 heavy (non-hydrogen) atoms. The van der Waals surface area contributed by atoms with Gasteiger partial charge in [0.2, 0.25) is 0 Å². The normalized spacial score (nSPS) is 17.6. The van der Waals surface area contributed by atoms with Crippen LogP contribution in [0.3, 0.4) is 0 Å². The summed E-state index contributed by atoms with van der Waals surface area (Å²) in [7, 11) is 0. The van der Waals surface area contributed by atoms with Gasteiger partial charge in [-0.25, -0.2) is 0 Å². The fourth-order valence-electron chi connectivity index (χ4n) is 2.43. The smallest absolute Gasteiger partial charge is 0.371 e. The summed E-state index contributed by atoms with van der Waals surface area (Å²) >= 11 is 0. The highest BCUT2D eigenvalue weighted by Crippen LogP contribution is 2.34. The summed E-state index contributed by atoms with van der Waals surface area (Å²) in [5, 5.41) is 0. The predicted molar refractivity (Wildman–Crippen MR) is 72.1 cm³/mol. The molecular weight excluding hydrogens is 251 g/mol. The Morgan fingerprint density at radius 3 is 2.42 bits per heavy atom. The number of benzene rings is 1. The van der Waals surface area contributed by atoms with E-state index in [4.69, 9.17) is 0 Å². The van der Waals surface area contributed by atoms with E-state index in [2.05, 4.69) is 18.4 Å². The highest BCUT2D eigenvalue weighted by molar-refractivity contribution is 5.68. The number of hydrogen-bond donors (Lipinski definition) is 0. The van der Waals surface area contributed by atoms with Crippen LogP contribution in [0.2, 0.25) is 0 Å². The van der Waals surface area contributed by atoms with Gasteiger partial charge < -0.3 is 4.90 Å². The molecule has 1 aliphatic rings. The Morgan fingerprint density at radius 1 is 1.26 bits per heavy atom. The number of halogens is 3. The number of hydrogen-bond acceptors (Lipinski definition) is 1. The monoisotopic (exact) mass is 269 g/mol. The van der Waals surface area contributed by atoms with E-state index in [1.807, 2.05) is 0 Å². The van der Waals surface area contributed by atoms with Gasteiger partial charge in [0.15, 0.2) is 0 Å². The van der Waals surface area contributed by atoms with Crippen molar-refractivity contribution < 1.29 is 13.2 Å². The number of alkyl halides is 3. The van der Waals surface area contributed by atoms with Crippen molar-refractivity contribution in [2.75, 3.05) is 18.0 Å². The molecule has 4 heteroatoms. The first kappa shape index (κ1) is 14.0. The van der Waals surface area contributed by atoms with Gasteiger partial charge in [0, 0.05) is 18.8 Å². The fourth-order valence-corrected chi connectivity index (χ4v) is 2.43. The zero-order chi connectivity index (χ0) is 14.0. The Labute approximate surface area is 111 Å². The molecule has 0 unspecified atom stereocenters. The summed E-state index contributed by atoms with van der Waals surface area (Å²) in [5.74, 6) is 0.692. The summed E-state index contributed by atoms with van der Waals surface area (Å²) in [6.45, 7) is 7.63. The predicted octanol–water partition coefficient (Wildman–Crippen LogP) is 4.58. The van der Waals surface area contributed by atoms with Crippen molar-refractivity contribution in [3.05, 3.63) is 35.9 Å². The summed E-state index contributed by atoms with van der Waals surface area (Å²) in [4.78, 5) is 2.15. The Kier molecular flexibility index (Phi) is 3.88. The summed E-state index contributed by atoms with van der Waals surface area (Å²) in [6.07, 6.45) is -0.634. The van der Waals surface area contributed by atoms with E-state index in [0.717, 1.165) is 37.7 Å². The maximum Gasteiger partial charge on any atom is 0.416 e. The molecule has 0 radical (unpaired) electrons. The minimum Gasteiger partial charge on any atom is -0.371 e. The highest BCUT2D eigenvalue weighted by Gasteiger charge is 2.31. The van der Waals surface area contributed by atoms with Crippen molar-refractivity contribution in [2.45, 2.75) is 25.9 Å². The zero-order valence-corrected chi connectivity index (χ0v) is 11.0. The van der Waals surface area contributed by atoms with Gasteiger partial charge in [0.25, 0.3) is 0 Å². The van der Waals surface area contributed by atoms with Crippen LogP contribution in [0, 0.1) is 5.92 Å². The van der Waals surface area contributed by atoms with Crippen LogP contribution in [-0.2, 0) is 6.18 Å². The van der Waals surface area contributed by atoms with Crippen LogP contribution in [0.1, 0.15) is 30.9 Å². The lowest BCUT2D eigenvalue weighted by Gasteiger charge is -2.33. The van der Waals surface area contributed by atoms with Crippen molar-refractivity contribution in [3.8, 4) is 0 Å². The van der Waals surface area contributed by atoms with E-state index in [9.17, 15) is 13.2 Å². The van der Waals surface area contributed by atoms with Crippen molar-refractivity contribution in [3.63, 3.8) is 0 Å². The molecule has 0 atom stereocenters. The third-order valence-electron chi connectivity index (χ3n) is 3.70. The lowest BCUT2D eigenvalue weighted by atomic mass is 9.97. The Bertz CT molecular complexity index is 457. The standard InChI is InChI=1S/C15H18F3N/c1-3-12-10-13(15(16,17)18)4-5-14(12)19-8-6-11(2)7-9-19/h3-5,10-11H,1,6-9H2,2H3. The van der Waals surface area contributed by atoms with E-state index >= 15 is 0 Å². The molecule has 1 heterocycles. The van der Waals surface area contributed by atoms with Gasteiger partial charge in [-0.15, -0.1) is 0 Å². The van der Waals surface area contributed by atoms with Crippen molar-refractivity contribution in [1.82, 2.24) is 0 Å². The fraction of sp³-hybridized carbons (Fsp3) is 0.467. The second-order valence-corrected chi connectivity index (χ2v) is 5.15. The van der Waals surface area contributed by atoms with Crippen LogP contribution in [0.5, 0.6) is 0 Å². The van der Waals surface area contributed by atoms with Crippen LogP contribution >= 0.6 is 0 Å². The van der Waals surface area contributed by atoms with E-state index in [-0.39, 0.29) is 0 Å². The second-order valence-electron chi connectivity index (χ2n) is 5.15. The van der Waals surface area contributed by atoms with Crippen molar-refractivity contribution in [2.24, 2.45) is 5.92 Å². The molecule has 0 aliphatic carbocycles. The van der Waals surface area contributed by atoms with Crippen LogP contribution in [0.25, 0.3) is 6.08 Å². The third-order valence-corrected chi connectivity index (χ3v) is 3.70. The van der Waals surface area contributed by atoms with Gasteiger partial charge in [-0.2, -0.15) is 13.2 Å².